The van der Waals surface area contributed by atoms with E-state index in [9.17, 15) is 14.7 Å². The first-order valence-corrected chi connectivity index (χ1v) is 11.4. The lowest BCUT2D eigenvalue weighted by Crippen LogP contribution is -2.48. The Bertz CT molecular complexity index is 1250. The number of aryl methyl sites for hydroxylation is 1. The standard InChI is InChI=1S/C25H27N5O4/c1-15-5-6-16-3-2-4-19(23(16)28-15)30-24(32)25(33)9-7-17(8-10-25)26-12-18-11-20-21(13-27-18)34-14-22(31)29-20/h2-6,11,13,17,26,33H,7-10,12,14H2,1H3,(H,29,31)(H,30,32)/t17-,25+. The number of aliphatic hydroxyl groups is 1. The molecule has 1 aromatic carbocycles. The lowest BCUT2D eigenvalue weighted by atomic mass is 9.81. The van der Waals surface area contributed by atoms with E-state index in [-0.39, 0.29) is 18.6 Å². The molecule has 3 heterocycles. The number of rotatable bonds is 5. The van der Waals surface area contributed by atoms with Gasteiger partial charge >= 0.3 is 0 Å². The Balaban J connectivity index is 1.18. The molecular formula is C25H27N5O4. The summed E-state index contributed by atoms with van der Waals surface area (Å²) in [6.07, 6.45) is 3.63. The predicted molar refractivity (Wildman–Crippen MR) is 128 cm³/mol. The van der Waals surface area contributed by atoms with Crippen LogP contribution in [0.4, 0.5) is 11.4 Å². The normalized spacial score (nSPS) is 21.9. The second kappa shape index (κ2) is 9.00. The molecule has 1 fully saturated rings. The zero-order valence-corrected chi connectivity index (χ0v) is 18.9. The number of carbonyl (C=O) groups is 2. The van der Waals surface area contributed by atoms with Gasteiger partial charge in [0.2, 0.25) is 0 Å². The molecule has 2 aliphatic rings. The molecule has 1 aliphatic heterocycles. The Kier molecular flexibility index (Phi) is 5.89. The highest BCUT2D eigenvalue weighted by atomic mass is 16.5. The van der Waals surface area contributed by atoms with E-state index in [1.807, 2.05) is 37.3 Å². The molecule has 0 bridgehead atoms. The van der Waals surface area contributed by atoms with E-state index < -0.39 is 11.5 Å². The van der Waals surface area contributed by atoms with Crippen LogP contribution < -0.4 is 20.7 Å². The molecule has 5 rings (SSSR count). The molecule has 0 unspecified atom stereocenters. The van der Waals surface area contributed by atoms with Gasteiger partial charge in [0.05, 0.1) is 28.8 Å². The first-order valence-electron chi connectivity index (χ1n) is 11.4. The molecule has 34 heavy (non-hydrogen) atoms. The van der Waals surface area contributed by atoms with Crippen molar-refractivity contribution in [3.05, 3.63) is 54.0 Å². The molecule has 2 aromatic heterocycles. The van der Waals surface area contributed by atoms with Crippen molar-refractivity contribution in [3.63, 3.8) is 0 Å². The topological polar surface area (TPSA) is 125 Å². The molecule has 2 amide bonds. The van der Waals surface area contributed by atoms with Gasteiger partial charge in [0.1, 0.15) is 5.60 Å². The number of pyridine rings is 2. The summed E-state index contributed by atoms with van der Waals surface area (Å²) in [7, 11) is 0. The van der Waals surface area contributed by atoms with Crippen LogP contribution in [0.1, 0.15) is 37.1 Å². The van der Waals surface area contributed by atoms with Crippen LogP contribution in [0.25, 0.3) is 10.9 Å². The van der Waals surface area contributed by atoms with E-state index in [0.717, 1.165) is 16.8 Å². The van der Waals surface area contributed by atoms with Crippen molar-refractivity contribution in [1.29, 1.82) is 0 Å². The van der Waals surface area contributed by atoms with E-state index in [1.54, 1.807) is 12.3 Å². The van der Waals surface area contributed by atoms with Gasteiger partial charge in [-0.25, -0.2) is 0 Å². The minimum atomic E-state index is -1.42. The van der Waals surface area contributed by atoms with Crippen molar-refractivity contribution in [1.82, 2.24) is 15.3 Å². The molecule has 0 spiro atoms. The number of carbonyl (C=O) groups excluding carboxylic acids is 2. The second-order valence-corrected chi connectivity index (χ2v) is 8.98. The van der Waals surface area contributed by atoms with Gasteiger partial charge < -0.3 is 25.8 Å². The van der Waals surface area contributed by atoms with Gasteiger partial charge in [-0.1, -0.05) is 18.2 Å². The lowest BCUT2D eigenvalue weighted by Gasteiger charge is -2.35. The summed E-state index contributed by atoms with van der Waals surface area (Å²) in [5.74, 6) is -0.0145. The van der Waals surface area contributed by atoms with Gasteiger partial charge in [-0.2, -0.15) is 0 Å². The number of para-hydroxylation sites is 1. The predicted octanol–water partition coefficient (Wildman–Crippen LogP) is 2.67. The monoisotopic (exact) mass is 461 g/mol. The maximum absolute atomic E-state index is 13.0. The zero-order valence-electron chi connectivity index (χ0n) is 18.9. The Morgan fingerprint density at radius 2 is 2.09 bits per heavy atom. The summed E-state index contributed by atoms with van der Waals surface area (Å²) >= 11 is 0. The molecular weight excluding hydrogens is 434 g/mol. The number of nitrogens with one attached hydrogen (secondary N) is 3. The number of benzene rings is 1. The molecule has 0 saturated heterocycles. The number of nitrogens with zero attached hydrogens (tertiary/aromatic N) is 2. The fourth-order valence-corrected chi connectivity index (χ4v) is 4.48. The maximum Gasteiger partial charge on any atom is 0.262 e. The SMILES string of the molecule is Cc1ccc2cccc(NC(=O)[C@]3(O)CC[C@@H](NCc4cc5c(cn4)OCC(=O)N5)CC3)c2n1. The lowest BCUT2D eigenvalue weighted by molar-refractivity contribution is -0.137. The number of amides is 2. The highest BCUT2D eigenvalue weighted by Crippen LogP contribution is 2.32. The molecule has 4 N–H and O–H groups in total. The first kappa shape index (κ1) is 22.2. The summed E-state index contributed by atoms with van der Waals surface area (Å²) in [6, 6.07) is 11.5. The highest BCUT2D eigenvalue weighted by Gasteiger charge is 2.40. The number of hydrogen-bond donors (Lipinski definition) is 4. The van der Waals surface area contributed by atoms with Crippen LogP contribution in [0.3, 0.4) is 0 Å². The summed E-state index contributed by atoms with van der Waals surface area (Å²) in [5, 5.41) is 21.1. The fourth-order valence-electron chi connectivity index (χ4n) is 4.48. The molecule has 3 aromatic rings. The molecule has 9 heteroatoms. The van der Waals surface area contributed by atoms with Crippen molar-refractivity contribution >= 4 is 34.1 Å². The quantitative estimate of drug-likeness (QED) is 0.460. The fraction of sp³-hybridized carbons (Fsp3) is 0.360. The third-order valence-electron chi connectivity index (χ3n) is 6.47. The van der Waals surface area contributed by atoms with Crippen LogP contribution in [0, 0.1) is 6.92 Å². The maximum atomic E-state index is 13.0. The van der Waals surface area contributed by atoms with E-state index in [1.165, 1.54) is 0 Å². The van der Waals surface area contributed by atoms with Crippen LogP contribution in [-0.2, 0) is 16.1 Å². The first-order chi connectivity index (χ1) is 16.4. The van der Waals surface area contributed by atoms with E-state index in [0.29, 0.717) is 54.9 Å². The van der Waals surface area contributed by atoms with E-state index in [4.69, 9.17) is 4.74 Å². The van der Waals surface area contributed by atoms with Crippen LogP contribution in [0.2, 0.25) is 0 Å². The molecule has 0 atom stereocenters. The zero-order chi connectivity index (χ0) is 23.7. The van der Waals surface area contributed by atoms with Crippen LogP contribution in [0.15, 0.2) is 42.6 Å². The Morgan fingerprint density at radius 1 is 1.26 bits per heavy atom. The van der Waals surface area contributed by atoms with Gasteiger partial charge in [0.15, 0.2) is 12.4 Å². The largest absolute Gasteiger partial charge is 0.480 e. The Hall–Kier alpha value is -3.56. The average molecular weight is 462 g/mol. The van der Waals surface area contributed by atoms with Gasteiger partial charge in [0, 0.05) is 23.7 Å². The van der Waals surface area contributed by atoms with E-state index >= 15 is 0 Å². The molecule has 1 saturated carbocycles. The molecule has 1 aliphatic carbocycles. The van der Waals surface area contributed by atoms with Crippen LogP contribution in [-0.4, -0.2) is 45.1 Å². The average Bonchev–Trinajstić information content (AvgIpc) is 2.84. The number of aromatic nitrogens is 2. The Labute approximate surface area is 196 Å². The highest BCUT2D eigenvalue weighted by molar-refractivity contribution is 6.03. The van der Waals surface area contributed by atoms with Crippen molar-refractivity contribution in [2.75, 3.05) is 17.2 Å². The minimum absolute atomic E-state index is 0.00148. The molecule has 9 nitrogen and oxygen atoms in total. The molecule has 176 valence electrons. The third kappa shape index (κ3) is 4.57. The summed E-state index contributed by atoms with van der Waals surface area (Å²) in [5.41, 5.74) is 2.17. The van der Waals surface area contributed by atoms with Crippen LogP contribution in [0.5, 0.6) is 5.75 Å². The van der Waals surface area contributed by atoms with Gasteiger partial charge in [-0.05, 0) is 50.8 Å². The van der Waals surface area contributed by atoms with Gasteiger partial charge in [-0.15, -0.1) is 0 Å². The smallest absolute Gasteiger partial charge is 0.262 e. The number of anilines is 2. The summed E-state index contributed by atoms with van der Waals surface area (Å²) in [4.78, 5) is 33.4. The number of fused-ring (bicyclic) bond motifs is 2. The summed E-state index contributed by atoms with van der Waals surface area (Å²) < 4.78 is 5.34. The van der Waals surface area contributed by atoms with Crippen molar-refractivity contribution in [3.8, 4) is 5.75 Å². The second-order valence-electron chi connectivity index (χ2n) is 8.98. The van der Waals surface area contributed by atoms with Crippen molar-refractivity contribution in [2.45, 2.75) is 50.8 Å². The summed E-state index contributed by atoms with van der Waals surface area (Å²) in [6.45, 7) is 2.42. The third-order valence-corrected chi connectivity index (χ3v) is 6.47. The van der Waals surface area contributed by atoms with Crippen LogP contribution >= 0.6 is 0 Å². The molecule has 0 radical (unpaired) electrons. The Morgan fingerprint density at radius 3 is 2.91 bits per heavy atom. The number of ether oxygens (including phenoxy) is 1. The number of hydrogen-bond acceptors (Lipinski definition) is 7. The van der Waals surface area contributed by atoms with Crippen molar-refractivity contribution < 1.29 is 19.4 Å². The van der Waals surface area contributed by atoms with Gasteiger partial charge in [-0.3, -0.25) is 19.6 Å². The van der Waals surface area contributed by atoms with Gasteiger partial charge in [0.25, 0.3) is 11.8 Å². The minimum Gasteiger partial charge on any atom is -0.480 e. The van der Waals surface area contributed by atoms with E-state index in [2.05, 4.69) is 25.9 Å². The van der Waals surface area contributed by atoms with Crippen molar-refractivity contribution in [2.24, 2.45) is 0 Å².